The van der Waals surface area contributed by atoms with Crippen LogP contribution in [-0.2, 0) is 0 Å². The van der Waals surface area contributed by atoms with Gasteiger partial charge in [0.25, 0.3) is 5.91 Å². The predicted molar refractivity (Wildman–Crippen MR) is 71.4 cm³/mol. The van der Waals surface area contributed by atoms with Crippen LogP contribution < -0.4 is 0 Å². The number of imidazole rings is 1. The molecule has 0 aliphatic heterocycles. The Balaban J connectivity index is 2.36. The average molecular weight is 261 g/mol. The average Bonchev–Trinajstić information content (AvgIpc) is 2.80. The fourth-order valence-electron chi connectivity index (χ4n) is 1.74. The van der Waals surface area contributed by atoms with Gasteiger partial charge < -0.3 is 9.88 Å². The third-order valence-corrected chi connectivity index (χ3v) is 3.03. The number of H-pyrrole nitrogens is 1. The van der Waals surface area contributed by atoms with Crippen LogP contribution >= 0.6 is 0 Å². The summed E-state index contributed by atoms with van der Waals surface area (Å²) in [6, 6.07) is 6.00. The van der Waals surface area contributed by atoms with E-state index < -0.39 is 0 Å². The molecule has 0 spiro atoms. The zero-order valence-electron chi connectivity index (χ0n) is 11.2. The zero-order valence-corrected chi connectivity index (χ0v) is 11.2. The van der Waals surface area contributed by atoms with Gasteiger partial charge in [0.05, 0.1) is 0 Å². The number of halogens is 1. The first-order valence-corrected chi connectivity index (χ1v) is 6.11. The van der Waals surface area contributed by atoms with Gasteiger partial charge in [-0.15, -0.1) is 0 Å². The van der Waals surface area contributed by atoms with Crippen LogP contribution in [0.2, 0.25) is 0 Å². The minimum absolute atomic E-state index is 0.121. The van der Waals surface area contributed by atoms with Gasteiger partial charge in [-0.2, -0.15) is 0 Å². The van der Waals surface area contributed by atoms with Gasteiger partial charge >= 0.3 is 0 Å². The molecule has 1 amide bonds. The van der Waals surface area contributed by atoms with Crippen molar-refractivity contribution in [2.24, 2.45) is 0 Å². The number of nitrogens with zero attached hydrogens (tertiary/aromatic N) is 2. The topological polar surface area (TPSA) is 49.0 Å². The second-order valence-electron chi connectivity index (χ2n) is 4.39. The summed E-state index contributed by atoms with van der Waals surface area (Å²) >= 11 is 0. The Labute approximate surface area is 111 Å². The molecular weight excluding hydrogens is 245 g/mol. The number of aromatic amines is 1. The molecule has 1 aromatic carbocycles. The monoisotopic (exact) mass is 261 g/mol. The van der Waals surface area contributed by atoms with E-state index in [4.69, 9.17) is 0 Å². The lowest BCUT2D eigenvalue weighted by atomic mass is 10.2. The summed E-state index contributed by atoms with van der Waals surface area (Å²) in [4.78, 5) is 21.0. The molecule has 0 aliphatic carbocycles. The summed E-state index contributed by atoms with van der Waals surface area (Å²) in [6.07, 6.45) is 0. The molecule has 2 rings (SSSR count). The summed E-state index contributed by atoms with van der Waals surface area (Å²) in [7, 11) is 1.73. The first-order chi connectivity index (χ1) is 9.02. The van der Waals surface area contributed by atoms with Gasteiger partial charge in [0, 0.05) is 24.8 Å². The fourth-order valence-corrected chi connectivity index (χ4v) is 1.74. The Hall–Kier alpha value is -2.17. The first kappa shape index (κ1) is 13.3. The van der Waals surface area contributed by atoms with E-state index in [0.717, 1.165) is 5.56 Å². The maximum absolute atomic E-state index is 12.9. The maximum atomic E-state index is 12.9. The molecular formula is C14H16FN3O. The highest BCUT2D eigenvalue weighted by Crippen LogP contribution is 2.19. The molecule has 0 aliphatic rings. The third-order valence-electron chi connectivity index (χ3n) is 3.03. The molecule has 1 heterocycles. The summed E-state index contributed by atoms with van der Waals surface area (Å²) in [5.74, 6) is 0.156. The van der Waals surface area contributed by atoms with Crippen LogP contribution in [0.25, 0.3) is 11.4 Å². The fraction of sp³-hybridized carbons (Fsp3) is 0.286. The number of nitrogens with one attached hydrogen (secondary N) is 1. The molecule has 4 nitrogen and oxygen atoms in total. The Morgan fingerprint density at radius 1 is 1.37 bits per heavy atom. The van der Waals surface area contributed by atoms with Crippen LogP contribution in [0.3, 0.4) is 0 Å². The lowest BCUT2D eigenvalue weighted by molar-refractivity contribution is 0.0796. The molecule has 0 bridgehead atoms. The molecule has 100 valence electrons. The highest BCUT2D eigenvalue weighted by atomic mass is 19.1. The van der Waals surface area contributed by atoms with Crippen molar-refractivity contribution in [3.8, 4) is 11.4 Å². The van der Waals surface area contributed by atoms with E-state index in [-0.39, 0.29) is 11.7 Å². The van der Waals surface area contributed by atoms with Crippen molar-refractivity contribution in [3.63, 3.8) is 0 Å². The number of carbonyl (C=O) groups is 1. The molecule has 0 atom stereocenters. The number of benzene rings is 1. The number of carbonyl (C=O) groups excluding carboxylic acids is 1. The van der Waals surface area contributed by atoms with Gasteiger partial charge in [0.2, 0.25) is 0 Å². The molecule has 0 fully saturated rings. The predicted octanol–water partition coefficient (Wildman–Crippen LogP) is 2.62. The van der Waals surface area contributed by atoms with Gasteiger partial charge in [-0.25, -0.2) is 9.37 Å². The highest BCUT2D eigenvalue weighted by Gasteiger charge is 2.18. The second kappa shape index (κ2) is 5.22. The molecule has 19 heavy (non-hydrogen) atoms. The van der Waals surface area contributed by atoms with Gasteiger partial charge in [0.15, 0.2) is 0 Å². The maximum Gasteiger partial charge on any atom is 0.274 e. The number of hydrogen-bond donors (Lipinski definition) is 1. The summed E-state index contributed by atoms with van der Waals surface area (Å²) in [6.45, 7) is 4.33. The SMILES string of the molecule is CCN(C)C(=O)c1nc(-c2ccc(F)cc2)[nH]c1C. The van der Waals surface area contributed by atoms with Crippen LogP contribution in [-0.4, -0.2) is 34.4 Å². The van der Waals surface area contributed by atoms with Gasteiger partial charge in [-0.3, -0.25) is 4.79 Å². The van der Waals surface area contributed by atoms with E-state index >= 15 is 0 Å². The van der Waals surface area contributed by atoms with E-state index in [1.165, 1.54) is 12.1 Å². The van der Waals surface area contributed by atoms with Crippen molar-refractivity contribution < 1.29 is 9.18 Å². The number of hydrogen-bond acceptors (Lipinski definition) is 2. The smallest absolute Gasteiger partial charge is 0.274 e. The van der Waals surface area contributed by atoms with E-state index in [0.29, 0.717) is 23.8 Å². The Morgan fingerprint density at radius 3 is 2.58 bits per heavy atom. The third kappa shape index (κ3) is 2.65. The molecule has 0 saturated carbocycles. The molecule has 0 radical (unpaired) electrons. The Kier molecular flexibility index (Phi) is 3.64. The van der Waals surface area contributed by atoms with Gasteiger partial charge in [-0.05, 0) is 38.1 Å². The van der Waals surface area contributed by atoms with Crippen molar-refractivity contribution in [1.29, 1.82) is 0 Å². The van der Waals surface area contributed by atoms with Crippen LogP contribution in [0.4, 0.5) is 4.39 Å². The first-order valence-electron chi connectivity index (χ1n) is 6.11. The standard InChI is InChI=1S/C14H16FN3O/c1-4-18(3)14(19)12-9(2)16-13(17-12)10-5-7-11(15)8-6-10/h5-8H,4H2,1-3H3,(H,16,17). The second-order valence-corrected chi connectivity index (χ2v) is 4.39. The van der Waals surface area contributed by atoms with Gasteiger partial charge in [-0.1, -0.05) is 0 Å². The molecule has 5 heteroatoms. The summed E-state index contributed by atoms with van der Waals surface area (Å²) < 4.78 is 12.9. The van der Waals surface area contributed by atoms with Crippen molar-refractivity contribution in [2.75, 3.05) is 13.6 Å². The number of amides is 1. The van der Waals surface area contributed by atoms with E-state index in [2.05, 4.69) is 9.97 Å². The van der Waals surface area contributed by atoms with Crippen LogP contribution in [0, 0.1) is 12.7 Å². The van der Waals surface area contributed by atoms with Gasteiger partial charge in [0.1, 0.15) is 17.3 Å². The summed E-state index contributed by atoms with van der Waals surface area (Å²) in [5.41, 5.74) is 1.87. The number of rotatable bonds is 3. The number of aromatic nitrogens is 2. The normalized spacial score (nSPS) is 10.5. The molecule has 1 N–H and O–H groups in total. The van der Waals surface area contributed by atoms with E-state index in [1.807, 2.05) is 6.92 Å². The molecule has 1 aromatic heterocycles. The quantitative estimate of drug-likeness (QED) is 0.923. The van der Waals surface area contributed by atoms with Crippen molar-refractivity contribution in [1.82, 2.24) is 14.9 Å². The highest BCUT2D eigenvalue weighted by molar-refractivity contribution is 5.93. The van der Waals surface area contributed by atoms with E-state index in [9.17, 15) is 9.18 Å². The van der Waals surface area contributed by atoms with Crippen molar-refractivity contribution in [3.05, 3.63) is 41.5 Å². The van der Waals surface area contributed by atoms with Crippen molar-refractivity contribution >= 4 is 5.91 Å². The minimum Gasteiger partial charge on any atom is -0.341 e. The Bertz CT molecular complexity index is 589. The number of aryl methyl sites for hydroxylation is 1. The largest absolute Gasteiger partial charge is 0.341 e. The van der Waals surface area contributed by atoms with Crippen LogP contribution in [0.15, 0.2) is 24.3 Å². The molecule has 0 saturated heterocycles. The lowest BCUT2D eigenvalue weighted by Crippen LogP contribution is -2.27. The Morgan fingerprint density at radius 2 is 2.00 bits per heavy atom. The molecule has 2 aromatic rings. The lowest BCUT2D eigenvalue weighted by Gasteiger charge is -2.12. The van der Waals surface area contributed by atoms with Crippen LogP contribution in [0.1, 0.15) is 23.1 Å². The minimum atomic E-state index is -0.297. The van der Waals surface area contributed by atoms with Crippen molar-refractivity contribution in [2.45, 2.75) is 13.8 Å². The molecule has 0 unspecified atom stereocenters. The van der Waals surface area contributed by atoms with E-state index in [1.54, 1.807) is 31.0 Å². The summed E-state index contributed by atoms with van der Waals surface area (Å²) in [5, 5.41) is 0. The zero-order chi connectivity index (χ0) is 14.0. The van der Waals surface area contributed by atoms with Crippen LogP contribution in [0.5, 0.6) is 0 Å².